The van der Waals surface area contributed by atoms with E-state index >= 15 is 0 Å². The molecule has 2 aliphatic carbocycles. The monoisotopic (exact) mass is 365 g/mol. The second-order valence-electron chi connectivity index (χ2n) is 6.82. The minimum Gasteiger partial charge on any atom is -0.490 e. The number of allylic oxidation sites excluding steroid dienone is 2. The molecule has 138 valence electrons. The van der Waals surface area contributed by atoms with Gasteiger partial charge in [-0.2, -0.15) is 15.4 Å². The number of amides is 2. The number of fused-ring (bicyclic) bond motifs is 5. The van der Waals surface area contributed by atoms with Gasteiger partial charge in [0.25, 0.3) is 11.8 Å². The number of nitrogens with zero attached hydrogens (tertiary/aromatic N) is 3. The van der Waals surface area contributed by atoms with Crippen LogP contribution in [-0.2, 0) is 9.59 Å². The number of hydrazone groups is 1. The summed E-state index contributed by atoms with van der Waals surface area (Å²) < 4.78 is 10.9. The summed E-state index contributed by atoms with van der Waals surface area (Å²) >= 11 is 0. The van der Waals surface area contributed by atoms with Gasteiger partial charge in [0.05, 0.1) is 24.7 Å². The number of carbonyl (C=O) groups is 2. The fraction of sp³-hybridized carbons (Fsp3) is 0.400. The Bertz CT molecular complexity index is 856. The Morgan fingerprint density at radius 1 is 1.19 bits per heavy atom. The van der Waals surface area contributed by atoms with E-state index in [4.69, 9.17) is 14.7 Å². The summed E-state index contributed by atoms with van der Waals surface area (Å²) in [6.07, 6.45) is 6.48. The maximum Gasteiger partial charge on any atom is 0.254 e. The molecule has 0 aromatic heterocycles. The Balaban J connectivity index is 1.53. The number of benzene rings is 1. The van der Waals surface area contributed by atoms with Crippen molar-refractivity contribution in [1.29, 1.82) is 5.26 Å². The minimum atomic E-state index is -0.259. The molecule has 2 bridgehead atoms. The van der Waals surface area contributed by atoms with Crippen LogP contribution in [-0.4, -0.2) is 36.3 Å². The van der Waals surface area contributed by atoms with Crippen molar-refractivity contribution in [2.75, 3.05) is 13.2 Å². The summed E-state index contributed by atoms with van der Waals surface area (Å²) in [4.78, 5) is 25.3. The number of nitriles is 1. The molecule has 7 nitrogen and oxygen atoms in total. The van der Waals surface area contributed by atoms with E-state index in [1.54, 1.807) is 18.2 Å². The maximum atomic E-state index is 12.6. The van der Waals surface area contributed by atoms with Crippen molar-refractivity contribution < 1.29 is 19.1 Å². The highest BCUT2D eigenvalue weighted by atomic mass is 16.5. The Morgan fingerprint density at radius 2 is 1.89 bits per heavy atom. The molecule has 2 amide bonds. The Kier molecular flexibility index (Phi) is 4.40. The van der Waals surface area contributed by atoms with Crippen molar-refractivity contribution in [3.8, 4) is 17.6 Å². The third-order valence-corrected chi connectivity index (χ3v) is 5.33. The molecule has 1 aromatic carbocycles. The predicted molar refractivity (Wildman–Crippen MR) is 95.9 cm³/mol. The van der Waals surface area contributed by atoms with Gasteiger partial charge >= 0.3 is 0 Å². The number of ether oxygens (including phenoxy) is 2. The molecule has 4 atom stereocenters. The van der Waals surface area contributed by atoms with Gasteiger partial charge in [0.15, 0.2) is 18.1 Å². The van der Waals surface area contributed by atoms with Gasteiger partial charge in [-0.1, -0.05) is 12.2 Å². The number of hydrogen-bond acceptors (Lipinski definition) is 6. The molecule has 1 saturated carbocycles. The van der Waals surface area contributed by atoms with E-state index in [1.165, 1.54) is 6.21 Å². The molecule has 0 spiro atoms. The average molecular weight is 365 g/mol. The number of rotatable bonds is 6. The molecular formula is C20H19N3O4. The van der Waals surface area contributed by atoms with Gasteiger partial charge in [-0.3, -0.25) is 9.59 Å². The third-order valence-electron chi connectivity index (χ3n) is 5.33. The van der Waals surface area contributed by atoms with Crippen LogP contribution in [0.5, 0.6) is 11.5 Å². The van der Waals surface area contributed by atoms with Crippen molar-refractivity contribution in [3.05, 3.63) is 35.9 Å². The van der Waals surface area contributed by atoms with E-state index in [1.807, 2.05) is 13.0 Å². The molecule has 27 heavy (non-hydrogen) atoms. The highest BCUT2D eigenvalue weighted by Gasteiger charge is 2.59. The summed E-state index contributed by atoms with van der Waals surface area (Å²) in [5, 5.41) is 13.8. The zero-order valence-corrected chi connectivity index (χ0v) is 14.9. The highest BCUT2D eigenvalue weighted by molar-refractivity contribution is 6.06. The molecule has 1 heterocycles. The van der Waals surface area contributed by atoms with Gasteiger partial charge in [-0.15, -0.1) is 0 Å². The van der Waals surface area contributed by atoms with Gasteiger partial charge in [0.1, 0.15) is 6.07 Å². The Morgan fingerprint density at radius 3 is 2.52 bits per heavy atom. The largest absolute Gasteiger partial charge is 0.490 e. The summed E-state index contributed by atoms with van der Waals surface area (Å²) in [7, 11) is 0. The fourth-order valence-corrected chi connectivity index (χ4v) is 4.23. The summed E-state index contributed by atoms with van der Waals surface area (Å²) in [6, 6.07) is 7.03. The number of carbonyl (C=O) groups excluding carboxylic acids is 2. The first-order chi connectivity index (χ1) is 13.1. The van der Waals surface area contributed by atoms with Crippen LogP contribution in [0.15, 0.2) is 35.5 Å². The van der Waals surface area contributed by atoms with Crippen molar-refractivity contribution in [3.63, 3.8) is 0 Å². The molecule has 1 aliphatic heterocycles. The molecule has 1 aromatic rings. The molecule has 4 rings (SSSR count). The van der Waals surface area contributed by atoms with Crippen molar-refractivity contribution in [2.24, 2.45) is 28.8 Å². The van der Waals surface area contributed by atoms with Crippen molar-refractivity contribution in [1.82, 2.24) is 5.01 Å². The first-order valence-corrected chi connectivity index (χ1v) is 9.00. The quantitative estimate of drug-likeness (QED) is 0.437. The normalized spacial score (nSPS) is 28.1. The van der Waals surface area contributed by atoms with Crippen LogP contribution >= 0.6 is 0 Å². The standard InChI is InChI=1S/C20H19N3O4/c1-2-26-16-9-12(3-6-15(16)27-8-7-21)11-22-23-19(24)17-13-4-5-14(10-13)18(17)20(23)25/h3-6,9,11,13-14,17-18H,2,8,10H2,1H3/t13-,14-,17-,18+/m0/s1. The fourth-order valence-electron chi connectivity index (χ4n) is 4.23. The van der Waals surface area contributed by atoms with Gasteiger partial charge in [0, 0.05) is 0 Å². The van der Waals surface area contributed by atoms with Gasteiger partial charge in [0.2, 0.25) is 0 Å². The van der Waals surface area contributed by atoms with Crippen LogP contribution in [0, 0.1) is 35.0 Å². The van der Waals surface area contributed by atoms with Crippen LogP contribution in [0.2, 0.25) is 0 Å². The maximum absolute atomic E-state index is 12.6. The summed E-state index contributed by atoms with van der Waals surface area (Å²) in [6.45, 7) is 2.20. The zero-order valence-electron chi connectivity index (χ0n) is 14.9. The lowest BCUT2D eigenvalue weighted by atomic mass is 9.85. The van der Waals surface area contributed by atoms with Crippen LogP contribution < -0.4 is 9.47 Å². The lowest BCUT2D eigenvalue weighted by molar-refractivity contribution is -0.140. The lowest BCUT2D eigenvalue weighted by Crippen LogP contribution is -2.28. The van der Waals surface area contributed by atoms with Crippen molar-refractivity contribution >= 4 is 18.0 Å². The molecule has 0 radical (unpaired) electrons. The molecule has 0 N–H and O–H groups in total. The predicted octanol–water partition coefficient (Wildman–Crippen LogP) is 2.13. The zero-order chi connectivity index (χ0) is 19.0. The van der Waals surface area contributed by atoms with Gasteiger partial charge < -0.3 is 9.47 Å². The number of imide groups is 1. The van der Waals surface area contributed by atoms with E-state index in [0.29, 0.717) is 23.7 Å². The first-order valence-electron chi connectivity index (χ1n) is 9.00. The average Bonchev–Trinajstić information content (AvgIpc) is 3.34. The molecule has 7 heteroatoms. The van der Waals surface area contributed by atoms with Crippen LogP contribution in [0.3, 0.4) is 0 Å². The molecule has 0 unspecified atom stereocenters. The van der Waals surface area contributed by atoms with E-state index < -0.39 is 0 Å². The SMILES string of the molecule is CCOc1cc(C=NN2C(=O)[C@@H]3[C@H](C2=O)[C@H]2C=C[C@H]3C2)ccc1OCC#N. The smallest absolute Gasteiger partial charge is 0.254 e. The van der Waals surface area contributed by atoms with E-state index in [-0.39, 0.29) is 42.1 Å². The van der Waals surface area contributed by atoms with Crippen LogP contribution in [0.25, 0.3) is 0 Å². The lowest BCUT2D eigenvalue weighted by Gasteiger charge is -2.13. The molecule has 1 saturated heterocycles. The second-order valence-corrected chi connectivity index (χ2v) is 6.82. The molecule has 3 aliphatic rings. The Labute approximate surface area is 156 Å². The van der Waals surface area contributed by atoms with Gasteiger partial charge in [-0.25, -0.2) is 0 Å². The summed E-state index contributed by atoms with van der Waals surface area (Å²) in [5.74, 6) is 0.330. The van der Waals surface area contributed by atoms with Crippen LogP contribution in [0.4, 0.5) is 0 Å². The third kappa shape index (κ3) is 2.87. The van der Waals surface area contributed by atoms with E-state index in [2.05, 4.69) is 17.3 Å². The summed E-state index contributed by atoms with van der Waals surface area (Å²) in [5.41, 5.74) is 0.668. The molecular weight excluding hydrogens is 346 g/mol. The Hall–Kier alpha value is -3.14. The van der Waals surface area contributed by atoms with E-state index in [9.17, 15) is 9.59 Å². The van der Waals surface area contributed by atoms with Crippen molar-refractivity contribution in [2.45, 2.75) is 13.3 Å². The second kappa shape index (κ2) is 6.88. The van der Waals surface area contributed by atoms with Crippen LogP contribution in [0.1, 0.15) is 18.9 Å². The molecule has 2 fully saturated rings. The topological polar surface area (TPSA) is 92.0 Å². The van der Waals surface area contributed by atoms with Gasteiger partial charge in [-0.05, 0) is 48.9 Å². The highest BCUT2D eigenvalue weighted by Crippen LogP contribution is 2.52. The van der Waals surface area contributed by atoms with E-state index in [0.717, 1.165) is 11.4 Å². The number of hydrogen-bond donors (Lipinski definition) is 0. The first kappa shape index (κ1) is 17.3. The minimum absolute atomic E-state index is 0.0799.